The molecule has 17 heavy (non-hydrogen) atoms. The minimum absolute atomic E-state index is 0.0137. The van der Waals surface area contributed by atoms with Crippen LogP contribution in [-0.4, -0.2) is 5.11 Å². The molecule has 88 valence electrons. The Morgan fingerprint density at radius 2 is 1.71 bits per heavy atom. The summed E-state index contributed by atoms with van der Waals surface area (Å²) >= 11 is 5.54. The highest BCUT2D eigenvalue weighted by Crippen LogP contribution is 2.25. The van der Waals surface area contributed by atoms with E-state index in [1.54, 1.807) is 6.07 Å². The van der Waals surface area contributed by atoms with Crippen molar-refractivity contribution in [3.05, 3.63) is 70.2 Å². The molecule has 0 radical (unpaired) electrons. The summed E-state index contributed by atoms with van der Waals surface area (Å²) < 4.78 is 26.2. The molecule has 0 amide bonds. The molecule has 0 heterocycles. The summed E-state index contributed by atoms with van der Waals surface area (Å²) in [5.74, 6) is -1.06. The molecular weight excluding hydrogens is 246 g/mol. The Labute approximate surface area is 102 Å². The summed E-state index contributed by atoms with van der Waals surface area (Å²) in [5.41, 5.74) is 0.698. The van der Waals surface area contributed by atoms with Crippen molar-refractivity contribution >= 4 is 11.6 Å². The molecule has 0 aliphatic carbocycles. The first-order valence-corrected chi connectivity index (χ1v) is 5.34. The number of benzene rings is 2. The van der Waals surface area contributed by atoms with Gasteiger partial charge in [0.15, 0.2) is 0 Å². The molecule has 2 rings (SSSR count). The largest absolute Gasteiger partial charge is 0.384 e. The lowest BCUT2D eigenvalue weighted by atomic mass is 10.0. The highest BCUT2D eigenvalue weighted by atomic mass is 35.5. The summed E-state index contributed by atoms with van der Waals surface area (Å²) in [6, 6.07) is 9.53. The average Bonchev–Trinajstić information content (AvgIpc) is 2.32. The minimum atomic E-state index is -1.07. The van der Waals surface area contributed by atoms with E-state index in [-0.39, 0.29) is 5.02 Å². The summed E-state index contributed by atoms with van der Waals surface area (Å²) in [4.78, 5) is 0. The van der Waals surface area contributed by atoms with E-state index < -0.39 is 17.7 Å². The van der Waals surface area contributed by atoms with Gasteiger partial charge in [0, 0.05) is 0 Å². The maximum absolute atomic E-state index is 13.2. The topological polar surface area (TPSA) is 20.2 Å². The minimum Gasteiger partial charge on any atom is -0.384 e. The molecule has 1 atom stereocenters. The molecule has 0 fully saturated rings. The second kappa shape index (κ2) is 4.82. The monoisotopic (exact) mass is 254 g/mol. The smallest absolute Gasteiger partial charge is 0.142 e. The zero-order valence-corrected chi connectivity index (χ0v) is 9.46. The van der Waals surface area contributed by atoms with Crippen LogP contribution >= 0.6 is 11.6 Å². The maximum atomic E-state index is 13.2. The van der Waals surface area contributed by atoms with Crippen molar-refractivity contribution in [3.63, 3.8) is 0 Å². The van der Waals surface area contributed by atoms with E-state index in [1.807, 2.05) is 0 Å². The van der Waals surface area contributed by atoms with E-state index in [4.69, 9.17) is 11.6 Å². The molecule has 0 aromatic heterocycles. The van der Waals surface area contributed by atoms with Crippen molar-refractivity contribution in [1.29, 1.82) is 0 Å². The molecule has 4 heteroatoms. The van der Waals surface area contributed by atoms with Gasteiger partial charge in [0.25, 0.3) is 0 Å². The van der Waals surface area contributed by atoms with Gasteiger partial charge in [0.2, 0.25) is 0 Å². The number of aliphatic hydroxyl groups excluding tert-OH is 1. The van der Waals surface area contributed by atoms with Gasteiger partial charge in [0.05, 0.1) is 5.02 Å². The van der Waals surface area contributed by atoms with E-state index in [9.17, 15) is 13.9 Å². The third-order valence-corrected chi connectivity index (χ3v) is 2.73. The molecule has 1 N–H and O–H groups in total. The Bertz CT molecular complexity index is 543. The molecule has 1 nitrogen and oxygen atoms in total. The first-order chi connectivity index (χ1) is 8.08. The number of halogens is 3. The zero-order chi connectivity index (χ0) is 12.4. The van der Waals surface area contributed by atoms with E-state index >= 15 is 0 Å². The fraction of sp³-hybridized carbons (Fsp3) is 0.0769. The van der Waals surface area contributed by atoms with Crippen LogP contribution < -0.4 is 0 Å². The first-order valence-electron chi connectivity index (χ1n) is 4.96. The normalized spacial score (nSPS) is 12.5. The van der Waals surface area contributed by atoms with Crippen molar-refractivity contribution < 1.29 is 13.9 Å². The van der Waals surface area contributed by atoms with Gasteiger partial charge in [-0.1, -0.05) is 29.8 Å². The predicted molar refractivity (Wildman–Crippen MR) is 61.9 cm³/mol. The number of hydrogen-bond donors (Lipinski definition) is 1. The Balaban J connectivity index is 2.36. The molecule has 0 saturated heterocycles. The van der Waals surface area contributed by atoms with Gasteiger partial charge in [0.1, 0.15) is 17.7 Å². The van der Waals surface area contributed by atoms with Crippen LogP contribution in [0.25, 0.3) is 0 Å². The lowest BCUT2D eigenvalue weighted by Crippen LogP contribution is -2.00. The maximum Gasteiger partial charge on any atom is 0.142 e. The van der Waals surface area contributed by atoms with E-state index in [1.165, 1.54) is 30.3 Å². The van der Waals surface area contributed by atoms with Gasteiger partial charge in [-0.05, 0) is 35.4 Å². The molecule has 0 saturated carbocycles. The molecule has 2 aromatic rings. The summed E-state index contributed by atoms with van der Waals surface area (Å²) in [6.07, 6.45) is -1.07. The van der Waals surface area contributed by atoms with Crippen LogP contribution in [0.5, 0.6) is 0 Å². The van der Waals surface area contributed by atoms with Crippen LogP contribution in [0.3, 0.4) is 0 Å². The van der Waals surface area contributed by atoms with Crippen LogP contribution in [0.2, 0.25) is 5.02 Å². The summed E-state index contributed by atoms with van der Waals surface area (Å²) in [7, 11) is 0. The first kappa shape index (κ1) is 12.0. The van der Waals surface area contributed by atoms with Crippen LogP contribution in [0.4, 0.5) is 8.78 Å². The Morgan fingerprint density at radius 1 is 1.00 bits per heavy atom. The van der Waals surface area contributed by atoms with Crippen molar-refractivity contribution in [2.45, 2.75) is 6.10 Å². The SMILES string of the molecule is OC(c1cccc(F)c1)c1ccc(Cl)c(F)c1. The van der Waals surface area contributed by atoms with Crippen molar-refractivity contribution in [2.24, 2.45) is 0 Å². The zero-order valence-electron chi connectivity index (χ0n) is 8.70. The number of rotatable bonds is 2. The summed E-state index contributed by atoms with van der Waals surface area (Å²) in [5, 5.41) is 9.94. The van der Waals surface area contributed by atoms with Gasteiger partial charge in [-0.2, -0.15) is 0 Å². The van der Waals surface area contributed by atoms with E-state index in [0.29, 0.717) is 11.1 Å². The van der Waals surface area contributed by atoms with Gasteiger partial charge in [-0.15, -0.1) is 0 Å². The lowest BCUT2D eigenvalue weighted by Gasteiger charge is -2.11. The second-order valence-electron chi connectivity index (χ2n) is 3.63. The number of hydrogen-bond acceptors (Lipinski definition) is 1. The van der Waals surface area contributed by atoms with Crippen LogP contribution in [-0.2, 0) is 0 Å². The highest BCUT2D eigenvalue weighted by molar-refractivity contribution is 6.30. The van der Waals surface area contributed by atoms with Crippen LogP contribution in [0.1, 0.15) is 17.2 Å². The van der Waals surface area contributed by atoms with Gasteiger partial charge in [-0.3, -0.25) is 0 Å². The fourth-order valence-electron chi connectivity index (χ4n) is 1.55. The van der Waals surface area contributed by atoms with Crippen LogP contribution in [0, 0.1) is 11.6 Å². The number of aliphatic hydroxyl groups is 1. The highest BCUT2D eigenvalue weighted by Gasteiger charge is 2.12. The van der Waals surface area contributed by atoms with Gasteiger partial charge in [-0.25, -0.2) is 8.78 Å². The Morgan fingerprint density at radius 3 is 2.35 bits per heavy atom. The standard InChI is InChI=1S/C13H9ClF2O/c14-11-5-4-9(7-12(11)16)13(17)8-2-1-3-10(15)6-8/h1-7,13,17H. The van der Waals surface area contributed by atoms with Crippen molar-refractivity contribution in [3.8, 4) is 0 Å². The molecule has 0 aliphatic heterocycles. The average molecular weight is 255 g/mol. The molecule has 0 bridgehead atoms. The Hall–Kier alpha value is -1.45. The quantitative estimate of drug-likeness (QED) is 0.866. The second-order valence-corrected chi connectivity index (χ2v) is 4.04. The van der Waals surface area contributed by atoms with E-state index in [2.05, 4.69) is 0 Å². The fourth-order valence-corrected chi connectivity index (χ4v) is 1.67. The van der Waals surface area contributed by atoms with E-state index in [0.717, 1.165) is 6.07 Å². The van der Waals surface area contributed by atoms with Crippen LogP contribution in [0.15, 0.2) is 42.5 Å². The van der Waals surface area contributed by atoms with Crippen molar-refractivity contribution in [2.75, 3.05) is 0 Å². The van der Waals surface area contributed by atoms with Gasteiger partial charge < -0.3 is 5.11 Å². The molecule has 1 unspecified atom stereocenters. The Kier molecular flexibility index (Phi) is 3.41. The third-order valence-electron chi connectivity index (χ3n) is 2.42. The molecule has 0 aliphatic rings. The lowest BCUT2D eigenvalue weighted by molar-refractivity contribution is 0.219. The molecule has 2 aromatic carbocycles. The van der Waals surface area contributed by atoms with Gasteiger partial charge >= 0.3 is 0 Å². The van der Waals surface area contributed by atoms with Crippen molar-refractivity contribution in [1.82, 2.24) is 0 Å². The summed E-state index contributed by atoms with van der Waals surface area (Å²) in [6.45, 7) is 0. The molecular formula is C13H9ClF2O. The third kappa shape index (κ3) is 2.62. The predicted octanol–water partition coefficient (Wildman–Crippen LogP) is 3.70. The molecule has 0 spiro atoms.